The summed E-state index contributed by atoms with van der Waals surface area (Å²) in [5.74, 6) is -0.607. The Balaban J connectivity index is 1.97. The summed E-state index contributed by atoms with van der Waals surface area (Å²) in [6.45, 7) is 13.4. The lowest BCUT2D eigenvalue weighted by molar-refractivity contribution is -0.250. The summed E-state index contributed by atoms with van der Waals surface area (Å²) in [6, 6.07) is 0. The molecule has 3 aliphatic carbocycles. The molecule has 2 bridgehead atoms. The third-order valence-electron chi connectivity index (χ3n) is 5.66. The average molecular weight is 270 g/mol. The summed E-state index contributed by atoms with van der Waals surface area (Å²) < 4.78 is 6.42. The number of aliphatic carboxylic acids is 1. The second kappa shape index (κ2) is 3.60. The molecule has 4 heteroatoms. The van der Waals surface area contributed by atoms with Crippen LogP contribution in [0.1, 0.15) is 47.0 Å². The molecule has 3 aliphatic rings. The van der Waals surface area contributed by atoms with Crippen LogP contribution in [-0.4, -0.2) is 25.5 Å². The van der Waals surface area contributed by atoms with Gasteiger partial charge in [0.15, 0.2) is 8.32 Å². The van der Waals surface area contributed by atoms with E-state index in [4.69, 9.17) is 9.53 Å². The van der Waals surface area contributed by atoms with Gasteiger partial charge in [-0.2, -0.15) is 0 Å². The van der Waals surface area contributed by atoms with Gasteiger partial charge in [0, 0.05) is 6.10 Å². The first kappa shape index (κ1) is 14.1. The predicted molar refractivity (Wildman–Crippen MR) is 74.1 cm³/mol. The average Bonchev–Trinajstić information content (AvgIpc) is 1.92. The zero-order valence-electron chi connectivity index (χ0n) is 12.5. The number of rotatable bonds is 4. The first-order chi connectivity index (χ1) is 7.94. The molecule has 0 aliphatic heterocycles. The van der Waals surface area contributed by atoms with E-state index in [9.17, 15) is 4.79 Å². The summed E-state index contributed by atoms with van der Waals surface area (Å²) >= 11 is 0. The number of carboxylic acid groups (broad SMARTS) is 1. The van der Waals surface area contributed by atoms with Gasteiger partial charge in [0.25, 0.3) is 0 Å². The second-order valence-corrected chi connectivity index (χ2v) is 12.8. The molecule has 1 atom stereocenters. The highest BCUT2D eigenvalue weighted by molar-refractivity contribution is 6.74. The van der Waals surface area contributed by atoms with Gasteiger partial charge < -0.3 is 9.53 Å². The normalized spacial score (nSPS) is 36.6. The van der Waals surface area contributed by atoms with Gasteiger partial charge >= 0.3 is 5.97 Å². The minimum atomic E-state index is -1.73. The summed E-state index contributed by atoms with van der Waals surface area (Å²) in [4.78, 5) is 11.1. The Morgan fingerprint density at radius 1 is 1.28 bits per heavy atom. The zero-order chi connectivity index (χ0) is 14.0. The van der Waals surface area contributed by atoms with E-state index < -0.39 is 14.3 Å². The summed E-state index contributed by atoms with van der Waals surface area (Å²) in [6.07, 6.45) is 2.68. The van der Waals surface area contributed by atoms with Gasteiger partial charge in [-0.1, -0.05) is 20.8 Å². The van der Waals surface area contributed by atoms with E-state index in [2.05, 4.69) is 40.8 Å². The number of carbonyl (C=O) groups is 1. The summed E-state index contributed by atoms with van der Waals surface area (Å²) in [5.41, 5.74) is -0.209. The molecule has 3 saturated carbocycles. The third kappa shape index (κ3) is 1.76. The van der Waals surface area contributed by atoms with Crippen molar-refractivity contribution in [3.05, 3.63) is 0 Å². The van der Waals surface area contributed by atoms with Crippen molar-refractivity contribution in [3.8, 4) is 0 Å². The van der Waals surface area contributed by atoms with Crippen LogP contribution in [0, 0.1) is 10.8 Å². The molecule has 0 spiro atoms. The fraction of sp³-hybridized carbons (Fsp3) is 0.929. The highest BCUT2D eigenvalue weighted by atomic mass is 28.4. The molecule has 0 aromatic heterocycles. The predicted octanol–water partition coefficient (Wildman–Crippen LogP) is 3.65. The third-order valence-corrected chi connectivity index (χ3v) is 10.2. The lowest BCUT2D eigenvalue weighted by atomic mass is 9.34. The molecule has 3 rings (SSSR count). The van der Waals surface area contributed by atoms with Crippen LogP contribution < -0.4 is 0 Å². The van der Waals surface area contributed by atoms with Crippen molar-refractivity contribution >= 4 is 14.3 Å². The Kier molecular flexibility index (Phi) is 2.81. The Bertz CT molecular complexity index is 361. The molecule has 0 amide bonds. The molecule has 3 fully saturated rings. The van der Waals surface area contributed by atoms with Gasteiger partial charge in [0.2, 0.25) is 0 Å². The van der Waals surface area contributed by atoms with Crippen LogP contribution in [0.4, 0.5) is 0 Å². The molecule has 0 radical (unpaired) electrons. The van der Waals surface area contributed by atoms with Crippen molar-refractivity contribution in [2.45, 2.75) is 71.2 Å². The lowest BCUT2D eigenvalue weighted by Gasteiger charge is -2.70. The van der Waals surface area contributed by atoms with E-state index in [0.717, 1.165) is 19.3 Å². The van der Waals surface area contributed by atoms with Gasteiger partial charge in [-0.3, -0.25) is 4.79 Å². The quantitative estimate of drug-likeness (QED) is 0.793. The minimum Gasteiger partial charge on any atom is -0.481 e. The molecule has 1 unspecified atom stereocenters. The Morgan fingerprint density at radius 3 is 2.06 bits per heavy atom. The fourth-order valence-electron chi connectivity index (χ4n) is 3.27. The molecule has 0 aromatic rings. The topological polar surface area (TPSA) is 46.5 Å². The van der Waals surface area contributed by atoms with Crippen LogP contribution in [0.5, 0.6) is 0 Å². The maximum absolute atomic E-state index is 11.1. The van der Waals surface area contributed by atoms with Crippen molar-refractivity contribution in [1.29, 1.82) is 0 Å². The molecule has 3 nitrogen and oxygen atoms in total. The molecule has 0 heterocycles. The molecule has 104 valence electrons. The number of carboxylic acids is 1. The number of hydrogen-bond donors (Lipinski definition) is 1. The van der Waals surface area contributed by atoms with E-state index in [1.165, 1.54) is 0 Å². The Labute approximate surface area is 111 Å². The molecule has 0 saturated heterocycles. The maximum atomic E-state index is 11.1. The standard InChI is InChI=1S/C14H26O3Si/c1-10(17-18(5,6)12(2,3)4)13-7-14(8-13,9-13)11(15)16/h10H,7-9H2,1-6H3,(H,15,16). The van der Waals surface area contributed by atoms with Crippen molar-refractivity contribution in [3.63, 3.8) is 0 Å². The zero-order valence-corrected chi connectivity index (χ0v) is 13.5. The van der Waals surface area contributed by atoms with Gasteiger partial charge in [-0.25, -0.2) is 0 Å². The molecule has 1 N–H and O–H groups in total. The van der Waals surface area contributed by atoms with E-state index in [0.29, 0.717) is 0 Å². The lowest BCUT2D eigenvalue weighted by Crippen LogP contribution is -2.70. The summed E-state index contributed by atoms with van der Waals surface area (Å²) in [5, 5.41) is 9.37. The fourth-order valence-corrected chi connectivity index (χ4v) is 4.76. The largest absolute Gasteiger partial charge is 0.481 e. The molecule has 18 heavy (non-hydrogen) atoms. The van der Waals surface area contributed by atoms with Gasteiger partial charge in [0.05, 0.1) is 5.41 Å². The smallest absolute Gasteiger partial charge is 0.309 e. The van der Waals surface area contributed by atoms with Gasteiger partial charge in [0.1, 0.15) is 0 Å². The van der Waals surface area contributed by atoms with Crippen molar-refractivity contribution in [1.82, 2.24) is 0 Å². The van der Waals surface area contributed by atoms with E-state index in [1.807, 2.05) is 0 Å². The van der Waals surface area contributed by atoms with E-state index in [1.54, 1.807) is 0 Å². The van der Waals surface area contributed by atoms with Crippen molar-refractivity contribution in [2.24, 2.45) is 10.8 Å². The highest BCUT2D eigenvalue weighted by Gasteiger charge is 2.74. The van der Waals surface area contributed by atoms with Crippen molar-refractivity contribution in [2.75, 3.05) is 0 Å². The first-order valence-corrected chi connectivity index (χ1v) is 9.76. The second-order valence-electron chi connectivity index (χ2n) is 8.00. The van der Waals surface area contributed by atoms with Crippen LogP contribution in [0.15, 0.2) is 0 Å². The minimum absolute atomic E-state index is 0.175. The van der Waals surface area contributed by atoms with E-state index in [-0.39, 0.29) is 22.0 Å². The van der Waals surface area contributed by atoms with Crippen LogP contribution in [0.25, 0.3) is 0 Å². The van der Waals surface area contributed by atoms with Crippen LogP contribution in [-0.2, 0) is 9.22 Å². The molecular weight excluding hydrogens is 244 g/mol. The van der Waals surface area contributed by atoms with E-state index >= 15 is 0 Å². The first-order valence-electron chi connectivity index (χ1n) is 6.85. The molecule has 0 aromatic carbocycles. The Hall–Kier alpha value is -0.353. The van der Waals surface area contributed by atoms with Crippen molar-refractivity contribution < 1.29 is 14.3 Å². The highest BCUT2D eigenvalue weighted by Crippen LogP contribution is 2.75. The monoisotopic (exact) mass is 270 g/mol. The van der Waals surface area contributed by atoms with Gasteiger partial charge in [-0.05, 0) is 49.7 Å². The maximum Gasteiger partial charge on any atom is 0.309 e. The molecular formula is C14H26O3Si. The van der Waals surface area contributed by atoms with Gasteiger partial charge in [-0.15, -0.1) is 0 Å². The Morgan fingerprint density at radius 2 is 1.72 bits per heavy atom. The SMILES string of the molecule is CC(O[Si](C)(C)C(C)(C)C)C12CC(C(=O)O)(C1)C2. The summed E-state index contributed by atoms with van der Waals surface area (Å²) in [7, 11) is -1.73. The number of hydrogen-bond acceptors (Lipinski definition) is 2. The van der Waals surface area contributed by atoms with Crippen LogP contribution in [0.2, 0.25) is 18.1 Å². The van der Waals surface area contributed by atoms with Crippen LogP contribution in [0.3, 0.4) is 0 Å². The van der Waals surface area contributed by atoms with Crippen LogP contribution >= 0.6 is 0 Å².